The molecule has 1 amide bonds. The summed E-state index contributed by atoms with van der Waals surface area (Å²) in [6.07, 6.45) is 1.23. The van der Waals surface area contributed by atoms with E-state index in [9.17, 15) is 14.7 Å². The van der Waals surface area contributed by atoms with Crippen molar-refractivity contribution >= 4 is 11.9 Å². The van der Waals surface area contributed by atoms with Gasteiger partial charge in [0.1, 0.15) is 11.8 Å². The molecule has 1 aromatic carbocycles. The molecule has 0 aromatic heterocycles. The Hall–Kier alpha value is -2.12. The quantitative estimate of drug-likeness (QED) is 0.526. The number of carboxylic acids is 1. The van der Waals surface area contributed by atoms with Crippen LogP contribution in [-0.2, 0) is 9.59 Å². The van der Waals surface area contributed by atoms with Crippen LogP contribution in [0.3, 0.4) is 0 Å². The fourth-order valence-electron chi connectivity index (χ4n) is 2.85. The van der Waals surface area contributed by atoms with E-state index >= 15 is 0 Å². The standard InChI is InChI=1S/C14H23NO.C5H10N2O3/c1-5-14(11(2)10-15(3)4)12-7-6-8-13(16)9-12;6-3(5(9)10)1-2-4(7)8/h6-9,11,14,16H,5,10H2,1-4H3;3H,1-2,6H2,(H2,7,8)(H,9,10)/t11-,14+;3-/m00/s1. The Labute approximate surface area is 156 Å². The number of nitrogens with zero attached hydrogens (tertiary/aromatic N) is 1. The van der Waals surface area contributed by atoms with Gasteiger partial charge in [0.05, 0.1) is 0 Å². The second-order valence-electron chi connectivity index (χ2n) is 6.80. The van der Waals surface area contributed by atoms with E-state index in [2.05, 4.69) is 38.9 Å². The van der Waals surface area contributed by atoms with Crippen LogP contribution < -0.4 is 11.5 Å². The summed E-state index contributed by atoms with van der Waals surface area (Å²) in [5.74, 6) is -0.151. The van der Waals surface area contributed by atoms with Crippen molar-refractivity contribution in [3.05, 3.63) is 29.8 Å². The second kappa shape index (κ2) is 12.3. The van der Waals surface area contributed by atoms with E-state index < -0.39 is 17.9 Å². The van der Waals surface area contributed by atoms with Gasteiger partial charge in [-0.3, -0.25) is 9.59 Å². The Morgan fingerprint density at radius 1 is 1.27 bits per heavy atom. The van der Waals surface area contributed by atoms with Gasteiger partial charge in [0.25, 0.3) is 0 Å². The lowest BCUT2D eigenvalue weighted by Gasteiger charge is -2.26. The number of amides is 1. The van der Waals surface area contributed by atoms with Crippen LogP contribution in [0.5, 0.6) is 5.75 Å². The number of benzene rings is 1. The summed E-state index contributed by atoms with van der Waals surface area (Å²) in [5, 5.41) is 17.7. The molecular formula is C19H33N3O4. The molecule has 7 heteroatoms. The van der Waals surface area contributed by atoms with E-state index in [1.165, 1.54) is 5.56 Å². The van der Waals surface area contributed by atoms with Crippen LogP contribution >= 0.6 is 0 Å². The van der Waals surface area contributed by atoms with Crippen molar-refractivity contribution in [3.8, 4) is 5.75 Å². The van der Waals surface area contributed by atoms with Gasteiger partial charge in [0.2, 0.25) is 5.91 Å². The molecule has 0 bridgehead atoms. The molecule has 0 saturated carbocycles. The number of hydrogen-bond acceptors (Lipinski definition) is 5. The molecule has 0 spiro atoms. The zero-order chi connectivity index (χ0) is 20.3. The Bertz CT molecular complexity index is 563. The second-order valence-corrected chi connectivity index (χ2v) is 6.80. The average Bonchev–Trinajstić information content (AvgIpc) is 2.53. The Balaban J connectivity index is 0.000000541. The van der Waals surface area contributed by atoms with Crippen molar-refractivity contribution < 1.29 is 19.8 Å². The summed E-state index contributed by atoms with van der Waals surface area (Å²) in [6.45, 7) is 5.56. The topological polar surface area (TPSA) is 130 Å². The minimum Gasteiger partial charge on any atom is -0.508 e. The number of primary amides is 1. The van der Waals surface area contributed by atoms with E-state index in [0.717, 1.165) is 13.0 Å². The number of nitrogens with two attached hydrogens (primary N) is 2. The smallest absolute Gasteiger partial charge is 0.320 e. The summed E-state index contributed by atoms with van der Waals surface area (Å²) in [7, 11) is 4.21. The van der Waals surface area contributed by atoms with Crippen LogP contribution in [0.2, 0.25) is 0 Å². The van der Waals surface area contributed by atoms with Crippen molar-refractivity contribution in [2.45, 2.75) is 45.1 Å². The minimum atomic E-state index is -1.11. The maximum absolute atomic E-state index is 10.1. The van der Waals surface area contributed by atoms with Crippen LogP contribution in [0.15, 0.2) is 24.3 Å². The van der Waals surface area contributed by atoms with Gasteiger partial charge in [-0.2, -0.15) is 0 Å². The molecule has 6 N–H and O–H groups in total. The summed E-state index contributed by atoms with van der Waals surface area (Å²) < 4.78 is 0. The normalized spacial score (nSPS) is 14.1. The summed E-state index contributed by atoms with van der Waals surface area (Å²) in [5.41, 5.74) is 11.1. The SMILES string of the molecule is CC[C@@H](c1cccc(O)c1)[C@@H](C)CN(C)C.NC(=O)CC[C@H](N)C(=O)O. The predicted octanol–water partition coefficient (Wildman–Crippen LogP) is 1.75. The van der Waals surface area contributed by atoms with Gasteiger partial charge in [-0.1, -0.05) is 26.0 Å². The van der Waals surface area contributed by atoms with Gasteiger partial charge in [-0.25, -0.2) is 0 Å². The molecule has 3 atom stereocenters. The lowest BCUT2D eigenvalue weighted by Crippen LogP contribution is -2.31. The molecule has 0 heterocycles. The van der Waals surface area contributed by atoms with Gasteiger partial charge in [-0.05, 0) is 56.5 Å². The number of carbonyl (C=O) groups is 2. The Morgan fingerprint density at radius 3 is 2.31 bits per heavy atom. The lowest BCUT2D eigenvalue weighted by atomic mass is 9.85. The third-order valence-electron chi connectivity index (χ3n) is 4.10. The zero-order valence-electron chi connectivity index (χ0n) is 16.2. The first-order chi connectivity index (χ1) is 12.1. The summed E-state index contributed by atoms with van der Waals surface area (Å²) in [4.78, 5) is 22.4. The number of rotatable bonds is 9. The first-order valence-corrected chi connectivity index (χ1v) is 8.78. The molecule has 0 aliphatic rings. The molecule has 0 unspecified atom stereocenters. The van der Waals surface area contributed by atoms with Crippen molar-refractivity contribution in [1.82, 2.24) is 4.90 Å². The molecule has 7 nitrogen and oxygen atoms in total. The van der Waals surface area contributed by atoms with Crippen LogP contribution in [0.1, 0.15) is 44.6 Å². The van der Waals surface area contributed by atoms with Gasteiger partial charge >= 0.3 is 5.97 Å². The highest BCUT2D eigenvalue weighted by atomic mass is 16.4. The Morgan fingerprint density at radius 2 is 1.88 bits per heavy atom. The number of aromatic hydroxyl groups is 1. The van der Waals surface area contributed by atoms with Crippen molar-refractivity contribution in [1.29, 1.82) is 0 Å². The van der Waals surface area contributed by atoms with Crippen molar-refractivity contribution in [3.63, 3.8) is 0 Å². The molecular weight excluding hydrogens is 334 g/mol. The van der Waals surface area contributed by atoms with Crippen molar-refractivity contribution in [2.24, 2.45) is 17.4 Å². The number of aliphatic carboxylic acids is 1. The molecule has 0 radical (unpaired) electrons. The molecule has 0 aliphatic carbocycles. The minimum absolute atomic E-state index is 0.0213. The van der Waals surface area contributed by atoms with E-state index in [1.54, 1.807) is 6.07 Å². The van der Waals surface area contributed by atoms with Crippen LogP contribution in [0.25, 0.3) is 0 Å². The lowest BCUT2D eigenvalue weighted by molar-refractivity contribution is -0.138. The first kappa shape index (κ1) is 23.9. The molecule has 0 saturated heterocycles. The number of carboxylic acid groups (broad SMARTS) is 1. The first-order valence-electron chi connectivity index (χ1n) is 8.78. The molecule has 0 fully saturated rings. The highest BCUT2D eigenvalue weighted by Crippen LogP contribution is 2.30. The number of phenols is 1. The monoisotopic (exact) mass is 367 g/mol. The Kier molecular flexibility index (Phi) is 11.3. The summed E-state index contributed by atoms with van der Waals surface area (Å²) in [6, 6.07) is 6.68. The number of carbonyl (C=O) groups excluding carboxylic acids is 1. The van der Waals surface area contributed by atoms with Gasteiger partial charge < -0.3 is 26.6 Å². The zero-order valence-corrected chi connectivity index (χ0v) is 16.2. The van der Waals surface area contributed by atoms with Crippen LogP contribution in [0.4, 0.5) is 0 Å². The molecule has 0 aliphatic heterocycles. The average molecular weight is 367 g/mol. The van der Waals surface area contributed by atoms with Crippen LogP contribution in [-0.4, -0.2) is 53.7 Å². The maximum atomic E-state index is 10.1. The van der Waals surface area contributed by atoms with Crippen molar-refractivity contribution in [2.75, 3.05) is 20.6 Å². The molecule has 26 heavy (non-hydrogen) atoms. The highest BCUT2D eigenvalue weighted by molar-refractivity contribution is 5.76. The third kappa shape index (κ3) is 10.0. The highest BCUT2D eigenvalue weighted by Gasteiger charge is 2.18. The molecule has 1 rings (SSSR count). The third-order valence-corrected chi connectivity index (χ3v) is 4.10. The van der Waals surface area contributed by atoms with E-state index in [-0.39, 0.29) is 12.8 Å². The summed E-state index contributed by atoms with van der Waals surface area (Å²) >= 11 is 0. The maximum Gasteiger partial charge on any atom is 0.320 e. The number of phenolic OH excluding ortho intramolecular Hbond substituents is 1. The fraction of sp³-hybridized carbons (Fsp3) is 0.579. The van der Waals surface area contributed by atoms with Gasteiger partial charge in [0, 0.05) is 13.0 Å². The largest absolute Gasteiger partial charge is 0.508 e. The van der Waals surface area contributed by atoms with Gasteiger partial charge in [0.15, 0.2) is 0 Å². The van der Waals surface area contributed by atoms with Crippen LogP contribution in [0, 0.1) is 5.92 Å². The van der Waals surface area contributed by atoms with E-state index in [4.69, 9.17) is 16.6 Å². The predicted molar refractivity (Wildman–Crippen MR) is 103 cm³/mol. The van der Waals surface area contributed by atoms with E-state index in [1.807, 2.05) is 12.1 Å². The van der Waals surface area contributed by atoms with E-state index in [0.29, 0.717) is 17.6 Å². The molecule has 1 aromatic rings. The number of hydrogen-bond donors (Lipinski definition) is 4. The fourth-order valence-corrected chi connectivity index (χ4v) is 2.85. The van der Waals surface area contributed by atoms with Gasteiger partial charge in [-0.15, -0.1) is 0 Å². The molecule has 148 valence electrons.